The zero-order valence-corrected chi connectivity index (χ0v) is 9.74. The summed E-state index contributed by atoms with van der Waals surface area (Å²) in [5, 5.41) is 14.6. The zero-order chi connectivity index (χ0) is 12.1. The van der Waals surface area contributed by atoms with Gasteiger partial charge in [-0.25, -0.2) is 0 Å². The molecule has 1 aliphatic carbocycles. The van der Waals surface area contributed by atoms with E-state index in [1.54, 1.807) is 0 Å². The molecule has 5 nitrogen and oxygen atoms in total. The number of carbonyl (C=O) groups is 1. The molecule has 1 saturated heterocycles. The largest absolute Gasteiger partial charge is 0.387 e. The van der Waals surface area contributed by atoms with Crippen LogP contribution in [-0.4, -0.2) is 31.2 Å². The van der Waals surface area contributed by atoms with Crippen molar-refractivity contribution in [1.82, 2.24) is 10.6 Å². The first-order valence-corrected chi connectivity index (χ1v) is 6.05. The van der Waals surface area contributed by atoms with Crippen LogP contribution in [-0.2, 0) is 9.53 Å². The third-order valence-electron chi connectivity index (χ3n) is 2.92. The summed E-state index contributed by atoms with van der Waals surface area (Å²) in [5.41, 5.74) is 0.134. The molecule has 0 aromatic rings. The van der Waals surface area contributed by atoms with E-state index in [1.165, 1.54) is 6.20 Å². The number of nitriles is 1. The summed E-state index contributed by atoms with van der Waals surface area (Å²) in [6, 6.07) is 2.35. The van der Waals surface area contributed by atoms with Crippen molar-refractivity contribution in [2.45, 2.75) is 37.8 Å². The van der Waals surface area contributed by atoms with E-state index in [-0.39, 0.29) is 17.6 Å². The van der Waals surface area contributed by atoms with Gasteiger partial charge in [-0.15, -0.1) is 0 Å². The molecule has 1 amide bonds. The maximum absolute atomic E-state index is 11.7. The Hall–Kier alpha value is -1.54. The van der Waals surface area contributed by atoms with E-state index in [0.717, 1.165) is 32.3 Å². The van der Waals surface area contributed by atoms with Crippen molar-refractivity contribution < 1.29 is 9.53 Å². The van der Waals surface area contributed by atoms with Gasteiger partial charge in [0.2, 0.25) is 0 Å². The second-order valence-corrected chi connectivity index (χ2v) is 4.46. The SMILES string of the molecule is N#C/C(=C/NC1CC1)C(=O)NCC1CCCO1. The molecule has 0 aromatic heterocycles. The summed E-state index contributed by atoms with van der Waals surface area (Å²) in [6.45, 7) is 1.26. The minimum Gasteiger partial charge on any atom is -0.387 e. The summed E-state index contributed by atoms with van der Waals surface area (Å²) < 4.78 is 5.39. The third-order valence-corrected chi connectivity index (χ3v) is 2.92. The molecule has 2 aliphatic rings. The summed E-state index contributed by atoms with van der Waals surface area (Å²) in [5.74, 6) is -0.323. The Morgan fingerprint density at radius 2 is 2.29 bits per heavy atom. The first-order valence-electron chi connectivity index (χ1n) is 6.05. The number of rotatable bonds is 5. The normalized spacial score (nSPS) is 24.2. The van der Waals surface area contributed by atoms with Crippen molar-refractivity contribution in [1.29, 1.82) is 5.26 Å². The number of amides is 1. The van der Waals surface area contributed by atoms with Gasteiger partial charge in [-0.05, 0) is 25.7 Å². The average molecular weight is 235 g/mol. The first kappa shape index (κ1) is 11.9. The molecule has 1 atom stereocenters. The molecule has 2 fully saturated rings. The van der Waals surface area contributed by atoms with Crippen LogP contribution in [0.2, 0.25) is 0 Å². The highest BCUT2D eigenvalue weighted by Crippen LogP contribution is 2.18. The molecule has 0 spiro atoms. The van der Waals surface area contributed by atoms with E-state index >= 15 is 0 Å². The van der Waals surface area contributed by atoms with Crippen molar-refractivity contribution in [3.8, 4) is 6.07 Å². The molecule has 0 radical (unpaired) electrons. The summed E-state index contributed by atoms with van der Waals surface area (Å²) >= 11 is 0. The summed E-state index contributed by atoms with van der Waals surface area (Å²) in [6.07, 6.45) is 5.88. The Kier molecular flexibility index (Phi) is 3.99. The van der Waals surface area contributed by atoms with Gasteiger partial charge in [-0.1, -0.05) is 0 Å². The van der Waals surface area contributed by atoms with Crippen molar-refractivity contribution in [2.24, 2.45) is 0 Å². The van der Waals surface area contributed by atoms with Crippen molar-refractivity contribution in [3.63, 3.8) is 0 Å². The zero-order valence-electron chi connectivity index (χ0n) is 9.74. The number of carbonyl (C=O) groups excluding carboxylic acids is 1. The lowest BCUT2D eigenvalue weighted by molar-refractivity contribution is -0.117. The molecule has 2 rings (SSSR count). The first-order chi connectivity index (χ1) is 8.29. The van der Waals surface area contributed by atoms with E-state index in [2.05, 4.69) is 10.6 Å². The molecule has 0 bridgehead atoms. The minimum absolute atomic E-state index is 0.107. The van der Waals surface area contributed by atoms with E-state index in [1.807, 2.05) is 6.07 Å². The summed E-state index contributed by atoms with van der Waals surface area (Å²) in [4.78, 5) is 11.7. The van der Waals surface area contributed by atoms with Crippen LogP contribution < -0.4 is 10.6 Å². The minimum atomic E-state index is -0.323. The van der Waals surface area contributed by atoms with Crippen LogP contribution in [0.25, 0.3) is 0 Å². The molecule has 2 N–H and O–H groups in total. The fourth-order valence-electron chi connectivity index (χ4n) is 1.71. The van der Waals surface area contributed by atoms with Gasteiger partial charge < -0.3 is 15.4 Å². The van der Waals surface area contributed by atoms with Crippen LogP contribution in [0, 0.1) is 11.3 Å². The van der Waals surface area contributed by atoms with Gasteiger partial charge >= 0.3 is 0 Å². The molecular weight excluding hydrogens is 218 g/mol. The molecule has 1 aliphatic heterocycles. The van der Waals surface area contributed by atoms with Gasteiger partial charge in [0.05, 0.1) is 6.10 Å². The lowest BCUT2D eigenvalue weighted by atomic mass is 10.2. The molecular formula is C12H17N3O2. The van der Waals surface area contributed by atoms with Crippen LogP contribution in [0.1, 0.15) is 25.7 Å². The number of hydrogen-bond donors (Lipinski definition) is 2. The van der Waals surface area contributed by atoms with Crippen LogP contribution in [0.3, 0.4) is 0 Å². The smallest absolute Gasteiger partial charge is 0.263 e. The monoisotopic (exact) mass is 235 g/mol. The maximum Gasteiger partial charge on any atom is 0.263 e. The second-order valence-electron chi connectivity index (χ2n) is 4.46. The maximum atomic E-state index is 11.7. The molecule has 92 valence electrons. The Bertz CT molecular complexity index is 349. The Balaban J connectivity index is 1.75. The highest BCUT2D eigenvalue weighted by atomic mass is 16.5. The topological polar surface area (TPSA) is 74.2 Å². The second kappa shape index (κ2) is 5.69. The molecule has 1 unspecified atom stereocenters. The highest BCUT2D eigenvalue weighted by molar-refractivity contribution is 5.97. The van der Waals surface area contributed by atoms with E-state index in [0.29, 0.717) is 12.6 Å². The lowest BCUT2D eigenvalue weighted by Gasteiger charge is -2.10. The fraction of sp³-hybridized carbons (Fsp3) is 0.667. The Labute approximate surface area is 101 Å². The van der Waals surface area contributed by atoms with Crippen molar-refractivity contribution in [3.05, 3.63) is 11.8 Å². The Morgan fingerprint density at radius 1 is 1.47 bits per heavy atom. The number of hydrogen-bond acceptors (Lipinski definition) is 4. The Morgan fingerprint density at radius 3 is 2.88 bits per heavy atom. The van der Waals surface area contributed by atoms with E-state index in [4.69, 9.17) is 10.00 Å². The number of nitrogens with one attached hydrogen (secondary N) is 2. The number of ether oxygens (including phenoxy) is 1. The van der Waals surface area contributed by atoms with Crippen LogP contribution in [0.15, 0.2) is 11.8 Å². The lowest BCUT2D eigenvalue weighted by Crippen LogP contribution is -2.33. The van der Waals surface area contributed by atoms with Crippen LogP contribution in [0.4, 0.5) is 0 Å². The van der Waals surface area contributed by atoms with Gasteiger partial charge in [0, 0.05) is 25.4 Å². The van der Waals surface area contributed by atoms with Gasteiger partial charge in [0.25, 0.3) is 5.91 Å². The van der Waals surface area contributed by atoms with Gasteiger partial charge in [-0.3, -0.25) is 4.79 Å². The predicted molar refractivity (Wildman–Crippen MR) is 61.8 cm³/mol. The van der Waals surface area contributed by atoms with E-state index < -0.39 is 0 Å². The molecule has 17 heavy (non-hydrogen) atoms. The number of nitrogens with zero attached hydrogens (tertiary/aromatic N) is 1. The third kappa shape index (κ3) is 3.75. The molecule has 0 aromatic carbocycles. The van der Waals surface area contributed by atoms with Crippen molar-refractivity contribution >= 4 is 5.91 Å². The predicted octanol–water partition coefficient (Wildman–Crippen LogP) is 0.441. The van der Waals surface area contributed by atoms with Crippen molar-refractivity contribution in [2.75, 3.05) is 13.2 Å². The molecule has 1 heterocycles. The highest BCUT2D eigenvalue weighted by Gasteiger charge is 2.21. The average Bonchev–Trinajstić information content (AvgIpc) is 3.02. The van der Waals surface area contributed by atoms with Crippen LogP contribution in [0.5, 0.6) is 0 Å². The standard InChI is InChI=1S/C12H17N3O2/c13-6-9(7-14-10-3-4-10)12(16)15-8-11-2-1-5-17-11/h7,10-11,14H,1-5,8H2,(H,15,16)/b9-7-. The van der Waals surface area contributed by atoms with Gasteiger partial charge in [0.1, 0.15) is 11.6 Å². The quantitative estimate of drug-likeness (QED) is 0.535. The van der Waals surface area contributed by atoms with Gasteiger partial charge in [0.15, 0.2) is 0 Å². The fourth-order valence-corrected chi connectivity index (χ4v) is 1.71. The molecule has 5 heteroatoms. The van der Waals surface area contributed by atoms with Gasteiger partial charge in [-0.2, -0.15) is 5.26 Å². The molecule has 1 saturated carbocycles. The van der Waals surface area contributed by atoms with Crippen LogP contribution >= 0.6 is 0 Å². The summed E-state index contributed by atoms with van der Waals surface area (Å²) in [7, 11) is 0. The van der Waals surface area contributed by atoms with E-state index in [9.17, 15) is 4.79 Å².